The summed E-state index contributed by atoms with van der Waals surface area (Å²) in [6.07, 6.45) is 0. The maximum absolute atomic E-state index is 13.0. The van der Waals surface area contributed by atoms with E-state index in [1.807, 2.05) is 0 Å². The Morgan fingerprint density at radius 2 is 1.80 bits per heavy atom. The van der Waals surface area contributed by atoms with E-state index in [4.69, 9.17) is 23.2 Å². The molecule has 3 nitrogen and oxygen atoms in total. The molecule has 0 amide bonds. The molecule has 0 radical (unpaired) electrons. The van der Waals surface area contributed by atoms with Crippen LogP contribution in [0.3, 0.4) is 0 Å². The summed E-state index contributed by atoms with van der Waals surface area (Å²) in [5, 5.41) is 0.543. The smallest absolute Gasteiger partial charge is 0.263 e. The molecule has 0 atom stereocenters. The number of halogens is 4. The van der Waals surface area contributed by atoms with Crippen LogP contribution in [0.25, 0.3) is 0 Å². The predicted molar refractivity (Wildman–Crippen MR) is 81.4 cm³/mol. The van der Waals surface area contributed by atoms with Crippen molar-refractivity contribution in [2.75, 3.05) is 4.72 Å². The Bertz CT molecular complexity index is 768. The Hall–Kier alpha value is -0.820. The minimum Gasteiger partial charge on any atom is -0.278 e. The molecule has 106 valence electrons. The van der Waals surface area contributed by atoms with Gasteiger partial charge in [0.15, 0.2) is 0 Å². The molecule has 0 saturated carbocycles. The van der Waals surface area contributed by atoms with Crippen molar-refractivity contribution in [3.63, 3.8) is 0 Å². The van der Waals surface area contributed by atoms with Gasteiger partial charge in [0.1, 0.15) is 10.7 Å². The summed E-state index contributed by atoms with van der Waals surface area (Å²) in [7, 11) is -3.91. The minimum atomic E-state index is -3.91. The number of rotatable bonds is 3. The van der Waals surface area contributed by atoms with Gasteiger partial charge in [0.05, 0.1) is 10.7 Å². The first-order valence-corrected chi connectivity index (χ1v) is 8.26. The largest absolute Gasteiger partial charge is 0.278 e. The maximum atomic E-state index is 13.0. The molecular weight excluding hydrogens is 392 g/mol. The molecule has 0 aliphatic heterocycles. The van der Waals surface area contributed by atoms with Gasteiger partial charge in [0.2, 0.25) is 0 Å². The van der Waals surface area contributed by atoms with Gasteiger partial charge in [-0.3, -0.25) is 4.72 Å². The molecule has 0 unspecified atom stereocenters. The van der Waals surface area contributed by atoms with Crippen LogP contribution in [-0.4, -0.2) is 8.42 Å². The van der Waals surface area contributed by atoms with Gasteiger partial charge in [-0.25, -0.2) is 12.8 Å². The summed E-state index contributed by atoms with van der Waals surface area (Å²) in [5.74, 6) is -0.545. The summed E-state index contributed by atoms with van der Waals surface area (Å²) in [4.78, 5) is -0.102. The third kappa shape index (κ3) is 3.44. The lowest BCUT2D eigenvalue weighted by atomic mass is 10.3. The standard InChI is InChI=1S/C12H7BrCl2FNO2S/c13-9-6-8(16)2-4-12(9)20(18,19)17-11-5-7(14)1-3-10(11)15/h1-6,17H. The van der Waals surface area contributed by atoms with Crippen LogP contribution in [0.4, 0.5) is 10.1 Å². The first kappa shape index (κ1) is 15.6. The van der Waals surface area contributed by atoms with E-state index in [9.17, 15) is 12.8 Å². The van der Waals surface area contributed by atoms with Gasteiger partial charge in [-0.2, -0.15) is 0 Å². The molecule has 20 heavy (non-hydrogen) atoms. The normalized spacial score (nSPS) is 11.4. The molecule has 0 aromatic heterocycles. The fourth-order valence-corrected chi connectivity index (χ4v) is 3.98. The Morgan fingerprint density at radius 3 is 2.45 bits per heavy atom. The second-order valence-electron chi connectivity index (χ2n) is 3.80. The third-order valence-electron chi connectivity index (χ3n) is 2.36. The van der Waals surface area contributed by atoms with Crippen LogP contribution in [-0.2, 0) is 10.0 Å². The first-order valence-electron chi connectivity index (χ1n) is 5.22. The topological polar surface area (TPSA) is 46.2 Å². The van der Waals surface area contributed by atoms with E-state index in [0.717, 1.165) is 18.2 Å². The molecule has 0 bridgehead atoms. The minimum absolute atomic E-state index is 0.102. The monoisotopic (exact) mass is 397 g/mol. The van der Waals surface area contributed by atoms with Gasteiger partial charge >= 0.3 is 0 Å². The number of hydrogen-bond donors (Lipinski definition) is 1. The summed E-state index contributed by atoms with van der Waals surface area (Å²) in [6, 6.07) is 7.67. The molecule has 8 heteroatoms. The number of anilines is 1. The van der Waals surface area contributed by atoms with Crippen molar-refractivity contribution in [3.8, 4) is 0 Å². The first-order chi connectivity index (χ1) is 9.29. The molecule has 0 aliphatic rings. The van der Waals surface area contributed by atoms with E-state index in [-0.39, 0.29) is 20.1 Å². The SMILES string of the molecule is O=S(=O)(Nc1cc(Cl)ccc1Cl)c1ccc(F)cc1Br. The van der Waals surface area contributed by atoms with Crippen molar-refractivity contribution >= 4 is 54.8 Å². The highest BCUT2D eigenvalue weighted by Gasteiger charge is 2.19. The lowest BCUT2D eigenvalue weighted by molar-refractivity contribution is 0.599. The molecule has 2 rings (SSSR count). The average molecular weight is 399 g/mol. The lowest BCUT2D eigenvalue weighted by Crippen LogP contribution is -2.14. The fourth-order valence-electron chi connectivity index (χ4n) is 1.47. The number of nitrogens with one attached hydrogen (secondary N) is 1. The number of sulfonamides is 1. The van der Waals surface area contributed by atoms with E-state index in [0.29, 0.717) is 5.02 Å². The molecule has 2 aromatic rings. The van der Waals surface area contributed by atoms with E-state index < -0.39 is 15.8 Å². The van der Waals surface area contributed by atoms with Gasteiger partial charge in [0.25, 0.3) is 10.0 Å². The quantitative estimate of drug-likeness (QED) is 0.814. The highest BCUT2D eigenvalue weighted by Crippen LogP contribution is 2.30. The zero-order valence-electron chi connectivity index (χ0n) is 9.70. The van der Waals surface area contributed by atoms with E-state index in [1.165, 1.54) is 18.2 Å². The Balaban J connectivity index is 2.43. The van der Waals surface area contributed by atoms with Crippen LogP contribution in [0.15, 0.2) is 45.8 Å². The van der Waals surface area contributed by atoms with Crippen LogP contribution in [0.1, 0.15) is 0 Å². The van der Waals surface area contributed by atoms with Gasteiger partial charge in [-0.15, -0.1) is 0 Å². The number of benzene rings is 2. The Morgan fingerprint density at radius 1 is 1.10 bits per heavy atom. The highest BCUT2D eigenvalue weighted by atomic mass is 79.9. The van der Waals surface area contributed by atoms with Gasteiger partial charge in [-0.1, -0.05) is 23.2 Å². The fraction of sp³-hybridized carbons (Fsp3) is 0. The zero-order valence-corrected chi connectivity index (χ0v) is 13.6. The average Bonchev–Trinajstić information content (AvgIpc) is 2.33. The zero-order chi connectivity index (χ0) is 14.9. The van der Waals surface area contributed by atoms with Crippen LogP contribution >= 0.6 is 39.1 Å². The van der Waals surface area contributed by atoms with Crippen molar-refractivity contribution in [2.45, 2.75) is 4.90 Å². The highest BCUT2D eigenvalue weighted by molar-refractivity contribution is 9.10. The van der Waals surface area contributed by atoms with E-state index in [2.05, 4.69) is 20.7 Å². The molecule has 0 aliphatic carbocycles. The molecule has 1 N–H and O–H groups in total. The van der Waals surface area contributed by atoms with Crippen LogP contribution < -0.4 is 4.72 Å². The van der Waals surface area contributed by atoms with Crippen molar-refractivity contribution in [1.29, 1.82) is 0 Å². The molecule has 2 aromatic carbocycles. The van der Waals surface area contributed by atoms with Crippen LogP contribution in [0.2, 0.25) is 10.0 Å². The van der Waals surface area contributed by atoms with Gasteiger partial charge in [-0.05, 0) is 52.3 Å². The second kappa shape index (κ2) is 5.89. The molecule has 0 saturated heterocycles. The van der Waals surface area contributed by atoms with Gasteiger partial charge in [0, 0.05) is 9.50 Å². The summed E-state index contributed by atoms with van der Waals surface area (Å²) < 4.78 is 39.9. The Kier molecular flexibility index (Phi) is 4.59. The van der Waals surface area contributed by atoms with Crippen molar-refractivity contribution in [1.82, 2.24) is 0 Å². The summed E-state index contributed by atoms with van der Waals surface area (Å²) >= 11 is 14.7. The molecule has 0 spiro atoms. The molecule has 0 fully saturated rings. The van der Waals surface area contributed by atoms with Crippen molar-refractivity contribution in [3.05, 3.63) is 56.7 Å². The van der Waals surface area contributed by atoms with E-state index >= 15 is 0 Å². The van der Waals surface area contributed by atoms with E-state index in [1.54, 1.807) is 0 Å². The molecule has 0 heterocycles. The number of hydrogen-bond acceptors (Lipinski definition) is 2. The Labute approximate surface area is 133 Å². The van der Waals surface area contributed by atoms with Crippen molar-refractivity contribution < 1.29 is 12.8 Å². The summed E-state index contributed by atoms with van der Waals surface area (Å²) in [5.41, 5.74) is 0.149. The molecular formula is C12H7BrCl2FNO2S. The van der Waals surface area contributed by atoms with Gasteiger partial charge < -0.3 is 0 Å². The maximum Gasteiger partial charge on any atom is 0.263 e. The van der Waals surface area contributed by atoms with Crippen LogP contribution in [0, 0.1) is 5.82 Å². The second-order valence-corrected chi connectivity index (χ2v) is 7.15. The summed E-state index contributed by atoms with van der Waals surface area (Å²) in [6.45, 7) is 0. The van der Waals surface area contributed by atoms with Crippen LogP contribution in [0.5, 0.6) is 0 Å². The lowest BCUT2D eigenvalue weighted by Gasteiger charge is -2.11. The third-order valence-corrected chi connectivity index (χ3v) is 5.26. The van der Waals surface area contributed by atoms with Crippen molar-refractivity contribution in [2.24, 2.45) is 0 Å². The predicted octanol–water partition coefficient (Wildman–Crippen LogP) is 4.70.